The molecule has 1 rings (SSSR count). The van der Waals surface area contributed by atoms with Crippen LogP contribution in [0.5, 0.6) is 0 Å². The largest absolute Gasteiger partial charge is 0.367 e. The van der Waals surface area contributed by atoms with Crippen LogP contribution in [0.4, 0.5) is 0 Å². The second-order valence-corrected chi connectivity index (χ2v) is 5.56. The summed E-state index contributed by atoms with van der Waals surface area (Å²) in [5.41, 5.74) is -0.237. The number of nitrogens with zero attached hydrogens (tertiary/aromatic N) is 1. The van der Waals surface area contributed by atoms with Crippen LogP contribution >= 0.6 is 11.6 Å². The first-order valence-corrected chi connectivity index (χ1v) is 6.73. The number of amides is 1. The Kier molecular flexibility index (Phi) is 5.55. The topological polar surface area (TPSA) is 62.1 Å². The van der Waals surface area contributed by atoms with Gasteiger partial charge >= 0.3 is 0 Å². The van der Waals surface area contributed by atoms with Crippen LogP contribution in [-0.2, 0) is 9.53 Å². The van der Waals surface area contributed by atoms with Crippen molar-refractivity contribution in [2.75, 3.05) is 7.11 Å². The minimum Gasteiger partial charge on any atom is -0.367 e. The van der Waals surface area contributed by atoms with Gasteiger partial charge in [-0.3, -0.25) is 4.79 Å². The van der Waals surface area contributed by atoms with Gasteiger partial charge in [0.2, 0.25) is 0 Å². The van der Waals surface area contributed by atoms with Gasteiger partial charge < -0.3 is 10.1 Å². The first-order chi connectivity index (χ1) is 9.34. The predicted molar refractivity (Wildman–Crippen MR) is 78.2 cm³/mol. The molecule has 0 aromatic heterocycles. The summed E-state index contributed by atoms with van der Waals surface area (Å²) in [5.74, 6) is -0.355. The molecule has 0 heterocycles. The molecular formula is C15H19ClN2O2. The third-order valence-corrected chi connectivity index (χ3v) is 3.67. The maximum absolute atomic E-state index is 12.3. The number of hydrogen-bond donors (Lipinski definition) is 1. The Labute approximate surface area is 124 Å². The van der Waals surface area contributed by atoms with E-state index in [0.29, 0.717) is 10.6 Å². The third-order valence-electron chi connectivity index (χ3n) is 3.42. The lowest BCUT2D eigenvalue weighted by atomic mass is 9.89. The summed E-state index contributed by atoms with van der Waals surface area (Å²) < 4.78 is 5.24. The molecule has 0 aliphatic heterocycles. The second kappa shape index (κ2) is 6.74. The number of nitriles is 1. The average molecular weight is 295 g/mol. The number of carbonyl (C=O) groups is 1. The van der Waals surface area contributed by atoms with Crippen LogP contribution in [0.2, 0.25) is 5.02 Å². The van der Waals surface area contributed by atoms with Crippen LogP contribution in [-0.4, -0.2) is 18.6 Å². The van der Waals surface area contributed by atoms with E-state index in [1.807, 2.05) is 13.8 Å². The van der Waals surface area contributed by atoms with Crippen molar-refractivity contribution < 1.29 is 9.53 Å². The SMILES string of the molecule is COC(C(=O)NC(C)(C#N)C(C)C)c1ccc(Cl)cc1. The van der Waals surface area contributed by atoms with Gasteiger partial charge in [-0.15, -0.1) is 0 Å². The third kappa shape index (κ3) is 3.72. The molecule has 0 fully saturated rings. The molecule has 0 radical (unpaired) electrons. The van der Waals surface area contributed by atoms with E-state index >= 15 is 0 Å². The number of hydrogen-bond acceptors (Lipinski definition) is 3. The Bertz CT molecular complexity index is 508. The summed E-state index contributed by atoms with van der Waals surface area (Å²) in [6.07, 6.45) is -0.765. The summed E-state index contributed by atoms with van der Waals surface area (Å²) in [6.45, 7) is 5.46. The number of rotatable bonds is 5. The Morgan fingerprint density at radius 1 is 1.40 bits per heavy atom. The second-order valence-electron chi connectivity index (χ2n) is 5.13. The van der Waals surface area contributed by atoms with Crippen LogP contribution in [0.25, 0.3) is 0 Å². The van der Waals surface area contributed by atoms with E-state index in [1.54, 1.807) is 31.2 Å². The van der Waals surface area contributed by atoms with Crippen LogP contribution in [0.3, 0.4) is 0 Å². The van der Waals surface area contributed by atoms with Crippen molar-refractivity contribution in [2.45, 2.75) is 32.4 Å². The van der Waals surface area contributed by atoms with Crippen LogP contribution in [0, 0.1) is 17.2 Å². The molecule has 1 amide bonds. The molecule has 2 atom stereocenters. The van der Waals surface area contributed by atoms with E-state index in [1.165, 1.54) is 7.11 Å². The van der Waals surface area contributed by atoms with Gasteiger partial charge in [-0.05, 0) is 30.5 Å². The van der Waals surface area contributed by atoms with Gasteiger partial charge in [0.05, 0.1) is 6.07 Å². The highest BCUT2D eigenvalue weighted by Crippen LogP contribution is 2.22. The normalized spacial score (nSPS) is 15.2. The van der Waals surface area contributed by atoms with Gasteiger partial charge in [0.1, 0.15) is 5.54 Å². The minimum atomic E-state index is -0.930. The molecule has 0 saturated carbocycles. The number of benzene rings is 1. The monoisotopic (exact) mass is 294 g/mol. The molecule has 0 saturated heterocycles. The van der Waals surface area contributed by atoms with Gasteiger partial charge in [0, 0.05) is 12.1 Å². The molecule has 0 bridgehead atoms. The number of nitrogens with one attached hydrogen (secondary N) is 1. The average Bonchev–Trinajstić information content (AvgIpc) is 2.41. The first-order valence-electron chi connectivity index (χ1n) is 6.35. The van der Waals surface area contributed by atoms with Crippen LogP contribution < -0.4 is 5.32 Å². The molecule has 0 spiro atoms. The van der Waals surface area contributed by atoms with Crippen molar-refractivity contribution in [3.63, 3.8) is 0 Å². The van der Waals surface area contributed by atoms with Crippen LogP contribution in [0.15, 0.2) is 24.3 Å². The molecule has 5 heteroatoms. The summed E-state index contributed by atoms with van der Waals surface area (Å²) in [7, 11) is 1.46. The summed E-state index contributed by atoms with van der Waals surface area (Å²) in [4.78, 5) is 12.3. The zero-order valence-electron chi connectivity index (χ0n) is 12.1. The number of halogens is 1. The fraction of sp³-hybridized carbons (Fsp3) is 0.467. The lowest BCUT2D eigenvalue weighted by molar-refractivity contribution is -0.133. The highest BCUT2D eigenvalue weighted by molar-refractivity contribution is 6.30. The number of ether oxygens (including phenoxy) is 1. The molecule has 1 aromatic rings. The van der Waals surface area contributed by atoms with E-state index < -0.39 is 11.6 Å². The summed E-state index contributed by atoms with van der Waals surface area (Å²) in [6, 6.07) is 9.00. The van der Waals surface area contributed by atoms with Crippen LogP contribution in [0.1, 0.15) is 32.4 Å². The molecule has 1 aromatic carbocycles. The molecule has 108 valence electrons. The van der Waals surface area contributed by atoms with E-state index in [2.05, 4.69) is 11.4 Å². The molecule has 2 unspecified atom stereocenters. The quantitative estimate of drug-likeness (QED) is 0.908. The fourth-order valence-corrected chi connectivity index (χ4v) is 1.78. The van der Waals surface area contributed by atoms with E-state index in [-0.39, 0.29) is 11.8 Å². The van der Waals surface area contributed by atoms with E-state index in [0.717, 1.165) is 0 Å². The van der Waals surface area contributed by atoms with Gasteiger partial charge in [0.15, 0.2) is 6.10 Å². The van der Waals surface area contributed by atoms with E-state index in [4.69, 9.17) is 16.3 Å². The van der Waals surface area contributed by atoms with Crippen molar-refractivity contribution in [2.24, 2.45) is 5.92 Å². The Morgan fingerprint density at radius 2 is 1.95 bits per heavy atom. The van der Waals surface area contributed by atoms with Crippen molar-refractivity contribution >= 4 is 17.5 Å². The Balaban J connectivity index is 2.94. The van der Waals surface area contributed by atoms with Crippen molar-refractivity contribution in [1.82, 2.24) is 5.32 Å². The Hall–Kier alpha value is -1.57. The Morgan fingerprint density at radius 3 is 2.35 bits per heavy atom. The molecule has 1 N–H and O–H groups in total. The maximum Gasteiger partial charge on any atom is 0.254 e. The van der Waals surface area contributed by atoms with Crippen molar-refractivity contribution in [3.8, 4) is 6.07 Å². The smallest absolute Gasteiger partial charge is 0.254 e. The van der Waals surface area contributed by atoms with E-state index in [9.17, 15) is 10.1 Å². The standard InChI is InChI=1S/C15H19ClN2O2/c1-10(2)15(3,9-17)18-14(19)13(20-4)11-5-7-12(16)8-6-11/h5-8,10,13H,1-4H3,(H,18,19). The van der Waals surface area contributed by atoms with Gasteiger partial charge in [-0.25, -0.2) is 0 Å². The zero-order chi connectivity index (χ0) is 15.3. The molecule has 0 aliphatic carbocycles. The predicted octanol–water partition coefficient (Wildman–Crippen LogP) is 3.08. The fourth-order valence-electron chi connectivity index (χ4n) is 1.65. The lowest BCUT2D eigenvalue weighted by Crippen LogP contribution is -2.50. The van der Waals surface area contributed by atoms with Gasteiger partial charge in [-0.2, -0.15) is 5.26 Å². The van der Waals surface area contributed by atoms with Gasteiger partial charge in [-0.1, -0.05) is 37.6 Å². The molecule has 0 aliphatic rings. The zero-order valence-corrected chi connectivity index (χ0v) is 12.9. The maximum atomic E-state index is 12.3. The van der Waals surface area contributed by atoms with Crippen molar-refractivity contribution in [3.05, 3.63) is 34.9 Å². The first kappa shape index (κ1) is 16.5. The highest BCUT2D eigenvalue weighted by atomic mass is 35.5. The number of methoxy groups -OCH3 is 1. The van der Waals surface area contributed by atoms with Crippen molar-refractivity contribution in [1.29, 1.82) is 5.26 Å². The number of carbonyl (C=O) groups excluding carboxylic acids is 1. The van der Waals surface area contributed by atoms with Gasteiger partial charge in [0.25, 0.3) is 5.91 Å². The lowest BCUT2D eigenvalue weighted by Gasteiger charge is -2.29. The summed E-state index contributed by atoms with van der Waals surface area (Å²) >= 11 is 5.83. The minimum absolute atomic E-state index is 0.0147. The molecular weight excluding hydrogens is 276 g/mol. The highest BCUT2D eigenvalue weighted by Gasteiger charge is 2.33. The molecule has 20 heavy (non-hydrogen) atoms. The molecule has 4 nitrogen and oxygen atoms in total. The summed E-state index contributed by atoms with van der Waals surface area (Å²) in [5, 5.41) is 12.6.